The van der Waals surface area contributed by atoms with Gasteiger partial charge in [-0.15, -0.1) is 11.8 Å². The zero-order chi connectivity index (χ0) is 12.7. The molecule has 0 aromatic heterocycles. The molecule has 4 heteroatoms. The predicted molar refractivity (Wildman–Crippen MR) is 73.1 cm³/mol. The topological polar surface area (TPSA) is 55.1 Å². The van der Waals surface area contributed by atoms with Gasteiger partial charge < -0.3 is 11.1 Å². The van der Waals surface area contributed by atoms with Crippen LogP contribution in [0.1, 0.15) is 31.9 Å². The molecule has 0 aliphatic carbocycles. The number of amides is 1. The van der Waals surface area contributed by atoms with Gasteiger partial charge in [-0.1, -0.05) is 19.1 Å². The van der Waals surface area contributed by atoms with Gasteiger partial charge >= 0.3 is 0 Å². The molecule has 0 saturated carbocycles. The molecular weight excluding hydrogens is 232 g/mol. The van der Waals surface area contributed by atoms with Crippen molar-refractivity contribution >= 4 is 17.7 Å². The Balaban J connectivity index is 2.56. The van der Waals surface area contributed by atoms with Gasteiger partial charge in [0.15, 0.2) is 0 Å². The fraction of sp³-hybridized carbons (Fsp3) is 0.462. The predicted octanol–water partition coefficient (Wildman–Crippen LogP) is 2.32. The summed E-state index contributed by atoms with van der Waals surface area (Å²) in [7, 11) is 0. The van der Waals surface area contributed by atoms with Crippen molar-refractivity contribution in [1.29, 1.82) is 0 Å². The molecule has 17 heavy (non-hydrogen) atoms. The van der Waals surface area contributed by atoms with E-state index in [1.165, 1.54) is 10.5 Å². The summed E-state index contributed by atoms with van der Waals surface area (Å²) < 4.78 is 0. The molecule has 1 aromatic carbocycles. The Morgan fingerprint density at radius 3 is 2.94 bits per heavy atom. The number of thioether (sulfide) groups is 1. The molecule has 1 aromatic rings. The van der Waals surface area contributed by atoms with Crippen LogP contribution in [0, 0.1) is 0 Å². The third-order valence-electron chi connectivity index (χ3n) is 2.49. The molecule has 1 amide bonds. The second-order valence-electron chi connectivity index (χ2n) is 3.92. The summed E-state index contributed by atoms with van der Waals surface area (Å²) in [5, 5.41) is 3.38. The summed E-state index contributed by atoms with van der Waals surface area (Å²) in [6.45, 7) is 5.21. The highest BCUT2D eigenvalue weighted by Gasteiger charge is 2.04. The number of nitrogens with two attached hydrogens (primary N) is 1. The molecule has 0 spiro atoms. The fourth-order valence-electron chi connectivity index (χ4n) is 1.57. The van der Waals surface area contributed by atoms with Crippen LogP contribution in [0.15, 0.2) is 29.2 Å². The van der Waals surface area contributed by atoms with E-state index in [0.717, 1.165) is 12.3 Å². The van der Waals surface area contributed by atoms with Crippen LogP contribution in [-0.4, -0.2) is 18.2 Å². The Hall–Kier alpha value is -1.00. The molecular formula is C13H20N2OS. The highest BCUT2D eigenvalue weighted by atomic mass is 32.2. The number of carbonyl (C=O) groups is 1. The number of hydrogen-bond donors (Lipinski definition) is 2. The van der Waals surface area contributed by atoms with E-state index in [1.54, 1.807) is 11.8 Å². The van der Waals surface area contributed by atoms with Crippen molar-refractivity contribution in [1.82, 2.24) is 5.32 Å². The Bertz CT molecular complexity index is 368. The van der Waals surface area contributed by atoms with Gasteiger partial charge in [0, 0.05) is 23.1 Å². The third-order valence-corrected chi connectivity index (χ3v) is 3.48. The largest absolute Gasteiger partial charge is 0.370 e. The van der Waals surface area contributed by atoms with Crippen molar-refractivity contribution in [3.63, 3.8) is 0 Å². The second kappa shape index (κ2) is 7.35. The van der Waals surface area contributed by atoms with Crippen LogP contribution in [0.3, 0.4) is 0 Å². The van der Waals surface area contributed by atoms with Crippen LogP contribution in [-0.2, 0) is 4.79 Å². The first-order valence-electron chi connectivity index (χ1n) is 5.88. The third kappa shape index (κ3) is 5.24. The molecule has 0 radical (unpaired) electrons. The number of hydrogen-bond acceptors (Lipinski definition) is 3. The van der Waals surface area contributed by atoms with E-state index in [4.69, 9.17) is 5.73 Å². The van der Waals surface area contributed by atoms with Crippen LogP contribution in [0.4, 0.5) is 0 Å². The number of nitrogens with one attached hydrogen (secondary N) is 1. The summed E-state index contributed by atoms with van der Waals surface area (Å²) in [5.74, 6) is 0.503. The lowest BCUT2D eigenvalue weighted by atomic mass is 10.1. The molecule has 1 atom stereocenters. The zero-order valence-electron chi connectivity index (χ0n) is 10.4. The van der Waals surface area contributed by atoms with Gasteiger partial charge in [0.05, 0.1) is 0 Å². The number of primary amides is 1. The first-order valence-corrected chi connectivity index (χ1v) is 6.86. The quantitative estimate of drug-likeness (QED) is 0.732. The minimum absolute atomic E-state index is 0.241. The van der Waals surface area contributed by atoms with Crippen molar-refractivity contribution in [3.05, 3.63) is 29.8 Å². The van der Waals surface area contributed by atoms with Crippen LogP contribution < -0.4 is 11.1 Å². The maximum Gasteiger partial charge on any atom is 0.218 e. The molecule has 94 valence electrons. The first-order chi connectivity index (χ1) is 8.13. The lowest BCUT2D eigenvalue weighted by Gasteiger charge is -2.13. The van der Waals surface area contributed by atoms with Gasteiger partial charge in [-0.3, -0.25) is 4.79 Å². The van der Waals surface area contributed by atoms with Crippen molar-refractivity contribution in [3.8, 4) is 0 Å². The second-order valence-corrected chi connectivity index (χ2v) is 5.08. The summed E-state index contributed by atoms with van der Waals surface area (Å²) >= 11 is 1.67. The summed E-state index contributed by atoms with van der Waals surface area (Å²) in [6, 6.07) is 8.75. The minimum atomic E-state index is -0.241. The standard InChI is InChI=1S/C13H20N2OS/c1-3-15-10(2)11-5-4-6-12(9-11)17-8-7-13(14)16/h4-6,9-10,15H,3,7-8H2,1-2H3,(H2,14,16). The van der Waals surface area contributed by atoms with E-state index in [9.17, 15) is 4.79 Å². The summed E-state index contributed by atoms with van der Waals surface area (Å²) in [5.41, 5.74) is 6.39. The molecule has 0 bridgehead atoms. The average molecular weight is 252 g/mol. The molecule has 0 heterocycles. The zero-order valence-corrected chi connectivity index (χ0v) is 11.2. The Morgan fingerprint density at radius 1 is 1.53 bits per heavy atom. The summed E-state index contributed by atoms with van der Waals surface area (Å²) in [4.78, 5) is 11.8. The molecule has 1 unspecified atom stereocenters. The molecule has 3 nitrogen and oxygen atoms in total. The van der Waals surface area contributed by atoms with Gasteiger partial charge in [-0.2, -0.15) is 0 Å². The molecule has 0 fully saturated rings. The van der Waals surface area contributed by atoms with E-state index in [2.05, 4.69) is 43.4 Å². The van der Waals surface area contributed by atoms with Gasteiger partial charge in [0.1, 0.15) is 0 Å². The highest BCUT2D eigenvalue weighted by molar-refractivity contribution is 7.99. The van der Waals surface area contributed by atoms with Crippen molar-refractivity contribution in [2.75, 3.05) is 12.3 Å². The van der Waals surface area contributed by atoms with Crippen molar-refractivity contribution in [2.24, 2.45) is 5.73 Å². The highest BCUT2D eigenvalue weighted by Crippen LogP contribution is 2.22. The first kappa shape index (κ1) is 14.1. The Labute approximate surface area is 107 Å². The molecule has 0 saturated heterocycles. The van der Waals surface area contributed by atoms with E-state index in [-0.39, 0.29) is 5.91 Å². The monoisotopic (exact) mass is 252 g/mol. The van der Waals surface area contributed by atoms with Crippen LogP contribution in [0.25, 0.3) is 0 Å². The Kier molecular flexibility index (Phi) is 6.08. The van der Waals surface area contributed by atoms with Crippen LogP contribution in [0.5, 0.6) is 0 Å². The van der Waals surface area contributed by atoms with E-state index >= 15 is 0 Å². The van der Waals surface area contributed by atoms with Crippen molar-refractivity contribution in [2.45, 2.75) is 31.2 Å². The fourth-order valence-corrected chi connectivity index (χ4v) is 2.50. The van der Waals surface area contributed by atoms with E-state index in [0.29, 0.717) is 12.5 Å². The smallest absolute Gasteiger partial charge is 0.218 e. The normalized spacial score (nSPS) is 12.4. The van der Waals surface area contributed by atoms with Gasteiger partial charge in [-0.25, -0.2) is 0 Å². The lowest BCUT2D eigenvalue weighted by molar-refractivity contribution is -0.117. The number of benzene rings is 1. The SMILES string of the molecule is CCNC(C)c1cccc(SCCC(N)=O)c1. The maximum absolute atomic E-state index is 10.6. The van der Waals surface area contributed by atoms with Gasteiger partial charge in [0.2, 0.25) is 5.91 Å². The van der Waals surface area contributed by atoms with Crippen LogP contribution >= 0.6 is 11.8 Å². The van der Waals surface area contributed by atoms with E-state index < -0.39 is 0 Å². The van der Waals surface area contributed by atoms with Crippen LogP contribution in [0.2, 0.25) is 0 Å². The van der Waals surface area contributed by atoms with Gasteiger partial charge in [-0.05, 0) is 31.2 Å². The van der Waals surface area contributed by atoms with Crippen molar-refractivity contribution < 1.29 is 4.79 Å². The number of carbonyl (C=O) groups excluding carboxylic acids is 1. The van der Waals surface area contributed by atoms with E-state index in [1.807, 2.05) is 0 Å². The van der Waals surface area contributed by atoms with Gasteiger partial charge in [0.25, 0.3) is 0 Å². The molecule has 0 aliphatic rings. The molecule has 1 rings (SSSR count). The molecule has 0 aliphatic heterocycles. The number of rotatable bonds is 7. The average Bonchev–Trinajstić information content (AvgIpc) is 2.29. The lowest BCUT2D eigenvalue weighted by Crippen LogP contribution is -2.17. The minimum Gasteiger partial charge on any atom is -0.370 e. The summed E-state index contributed by atoms with van der Waals surface area (Å²) in [6.07, 6.45) is 0.428. The molecule has 3 N–H and O–H groups in total. The maximum atomic E-state index is 10.6. The Morgan fingerprint density at radius 2 is 2.29 bits per heavy atom.